The zero-order valence-corrected chi connectivity index (χ0v) is 11.9. The molecule has 0 aliphatic carbocycles. The maximum atomic E-state index is 12.3. The van der Waals surface area contributed by atoms with Crippen molar-refractivity contribution in [1.82, 2.24) is 9.80 Å². The van der Waals surface area contributed by atoms with Crippen molar-refractivity contribution in [3.63, 3.8) is 0 Å². The van der Waals surface area contributed by atoms with Crippen LogP contribution in [0.3, 0.4) is 0 Å². The number of likely N-dealkylation sites (tertiary alicyclic amines) is 1. The molecule has 0 bridgehead atoms. The third-order valence-electron chi connectivity index (χ3n) is 3.48. The monoisotopic (exact) mass is 270 g/mol. The summed E-state index contributed by atoms with van der Waals surface area (Å²) < 4.78 is 0. The van der Waals surface area contributed by atoms with Crippen LogP contribution in [0.15, 0.2) is 0 Å². The van der Waals surface area contributed by atoms with Crippen LogP contribution in [0.2, 0.25) is 0 Å². The number of rotatable bonds is 6. The van der Waals surface area contributed by atoms with E-state index in [1.807, 2.05) is 6.92 Å². The predicted molar refractivity (Wildman–Crippen MR) is 69.5 cm³/mol. The van der Waals surface area contributed by atoms with E-state index in [1.165, 1.54) is 4.90 Å². The molecule has 0 radical (unpaired) electrons. The molecule has 2 unspecified atom stereocenters. The Morgan fingerprint density at radius 1 is 1.42 bits per heavy atom. The molecule has 6 heteroatoms. The smallest absolute Gasteiger partial charge is 0.304 e. The fourth-order valence-corrected chi connectivity index (χ4v) is 2.65. The van der Waals surface area contributed by atoms with Gasteiger partial charge in [-0.25, -0.2) is 0 Å². The summed E-state index contributed by atoms with van der Waals surface area (Å²) in [4.78, 5) is 38.0. The van der Waals surface area contributed by atoms with Gasteiger partial charge in [-0.1, -0.05) is 6.92 Å². The van der Waals surface area contributed by atoms with Crippen LogP contribution in [0.25, 0.3) is 0 Å². The lowest BCUT2D eigenvalue weighted by Crippen LogP contribution is -2.48. The second-order valence-electron chi connectivity index (χ2n) is 5.19. The Labute approximate surface area is 113 Å². The summed E-state index contributed by atoms with van der Waals surface area (Å²) in [7, 11) is 0. The number of carboxylic acid groups (broad SMARTS) is 1. The molecule has 1 aliphatic heterocycles. The van der Waals surface area contributed by atoms with Crippen LogP contribution < -0.4 is 0 Å². The van der Waals surface area contributed by atoms with E-state index < -0.39 is 12.0 Å². The number of nitrogens with zero attached hydrogens (tertiary/aromatic N) is 2. The number of likely N-dealkylation sites (N-methyl/N-ethyl adjacent to an activating group) is 1. The number of carbonyl (C=O) groups excluding carboxylic acids is 2. The van der Waals surface area contributed by atoms with Crippen LogP contribution in [0.4, 0.5) is 0 Å². The van der Waals surface area contributed by atoms with Gasteiger partial charge in [0.15, 0.2) is 0 Å². The van der Waals surface area contributed by atoms with E-state index >= 15 is 0 Å². The molecule has 0 saturated carbocycles. The highest BCUT2D eigenvalue weighted by molar-refractivity contribution is 6.05. The minimum atomic E-state index is -0.900. The van der Waals surface area contributed by atoms with Gasteiger partial charge in [0.25, 0.3) is 0 Å². The maximum absolute atomic E-state index is 12.3. The molecule has 108 valence electrons. The highest BCUT2D eigenvalue weighted by Gasteiger charge is 2.43. The van der Waals surface area contributed by atoms with Gasteiger partial charge in [0.1, 0.15) is 0 Å². The average Bonchev–Trinajstić information content (AvgIpc) is 2.54. The van der Waals surface area contributed by atoms with Gasteiger partial charge in [0, 0.05) is 12.1 Å². The second kappa shape index (κ2) is 6.14. The van der Waals surface area contributed by atoms with Crippen molar-refractivity contribution < 1.29 is 19.5 Å². The van der Waals surface area contributed by atoms with Crippen LogP contribution in [-0.4, -0.2) is 57.4 Å². The van der Waals surface area contributed by atoms with Crippen LogP contribution in [-0.2, 0) is 14.4 Å². The Balaban J connectivity index is 2.86. The fraction of sp³-hybridized carbons (Fsp3) is 0.769. The van der Waals surface area contributed by atoms with Crippen molar-refractivity contribution in [2.45, 2.75) is 58.7 Å². The van der Waals surface area contributed by atoms with Crippen LogP contribution in [0.5, 0.6) is 0 Å². The number of carbonyl (C=O) groups is 3. The molecule has 0 aromatic heterocycles. The molecule has 0 spiro atoms. The molecule has 2 amide bonds. The first-order valence-corrected chi connectivity index (χ1v) is 6.63. The Morgan fingerprint density at radius 2 is 2.00 bits per heavy atom. The normalized spacial score (nSPS) is 21.6. The zero-order chi connectivity index (χ0) is 14.7. The predicted octanol–water partition coefficient (Wildman–Crippen LogP) is 0.707. The molecular formula is C13H22N2O4. The largest absolute Gasteiger partial charge is 0.481 e. The summed E-state index contributed by atoms with van der Waals surface area (Å²) in [6.45, 7) is 7.79. The Bertz CT molecular complexity index is 381. The fourth-order valence-electron chi connectivity index (χ4n) is 2.65. The van der Waals surface area contributed by atoms with Gasteiger partial charge >= 0.3 is 5.97 Å². The van der Waals surface area contributed by atoms with Gasteiger partial charge in [-0.05, 0) is 27.3 Å². The number of hydrogen-bond donors (Lipinski definition) is 1. The molecular weight excluding hydrogens is 248 g/mol. The highest BCUT2D eigenvalue weighted by Crippen LogP contribution is 2.23. The topological polar surface area (TPSA) is 77.9 Å². The van der Waals surface area contributed by atoms with Crippen LogP contribution >= 0.6 is 0 Å². The molecule has 1 heterocycles. The first-order valence-electron chi connectivity index (χ1n) is 6.63. The zero-order valence-electron chi connectivity index (χ0n) is 11.9. The van der Waals surface area contributed by atoms with Gasteiger partial charge in [-0.2, -0.15) is 0 Å². The van der Waals surface area contributed by atoms with Crippen molar-refractivity contribution in [1.29, 1.82) is 0 Å². The molecule has 0 aromatic carbocycles. The molecule has 1 rings (SSSR count). The van der Waals surface area contributed by atoms with E-state index in [2.05, 4.69) is 0 Å². The van der Waals surface area contributed by atoms with Crippen molar-refractivity contribution in [2.24, 2.45) is 0 Å². The van der Waals surface area contributed by atoms with Crippen LogP contribution in [0.1, 0.15) is 40.5 Å². The first-order chi connectivity index (χ1) is 8.79. The van der Waals surface area contributed by atoms with Gasteiger partial charge < -0.3 is 5.11 Å². The van der Waals surface area contributed by atoms with Crippen molar-refractivity contribution in [2.75, 3.05) is 6.54 Å². The second-order valence-corrected chi connectivity index (χ2v) is 5.19. The van der Waals surface area contributed by atoms with Crippen molar-refractivity contribution >= 4 is 17.8 Å². The molecule has 1 fully saturated rings. The SMILES string of the molecule is CCN(C(C)CC(=O)O)C1CC(=O)N(C(C)C)C1=O. The van der Waals surface area contributed by atoms with E-state index in [0.717, 1.165) is 0 Å². The molecule has 6 nitrogen and oxygen atoms in total. The number of amides is 2. The summed E-state index contributed by atoms with van der Waals surface area (Å²) in [5, 5.41) is 8.84. The van der Waals surface area contributed by atoms with E-state index in [-0.39, 0.29) is 36.7 Å². The number of carboxylic acids is 1. The maximum Gasteiger partial charge on any atom is 0.304 e. The third kappa shape index (κ3) is 3.32. The van der Waals surface area contributed by atoms with Crippen molar-refractivity contribution in [3.8, 4) is 0 Å². The average molecular weight is 270 g/mol. The summed E-state index contributed by atoms with van der Waals surface area (Å²) >= 11 is 0. The Kier molecular flexibility index (Phi) is 5.05. The Morgan fingerprint density at radius 3 is 2.37 bits per heavy atom. The van der Waals surface area contributed by atoms with Crippen molar-refractivity contribution in [3.05, 3.63) is 0 Å². The number of aliphatic carboxylic acids is 1. The summed E-state index contributed by atoms with van der Waals surface area (Å²) in [5.74, 6) is -1.28. The first kappa shape index (κ1) is 15.6. The molecule has 2 atom stereocenters. The molecule has 1 N–H and O–H groups in total. The molecule has 0 aromatic rings. The number of hydrogen-bond acceptors (Lipinski definition) is 4. The van der Waals surface area contributed by atoms with Crippen LogP contribution in [0, 0.1) is 0 Å². The molecule has 1 saturated heterocycles. The standard InChI is InChI=1S/C13H22N2O4/c1-5-14(9(4)6-12(17)18)10-7-11(16)15(8(2)3)13(10)19/h8-10H,5-7H2,1-4H3,(H,17,18). The summed E-state index contributed by atoms with van der Waals surface area (Å²) in [5.41, 5.74) is 0. The lowest BCUT2D eigenvalue weighted by atomic mass is 10.1. The van der Waals surface area contributed by atoms with E-state index in [1.54, 1.807) is 25.7 Å². The Hall–Kier alpha value is -1.43. The highest BCUT2D eigenvalue weighted by atomic mass is 16.4. The quantitative estimate of drug-likeness (QED) is 0.719. The van der Waals surface area contributed by atoms with Gasteiger partial charge in [0.2, 0.25) is 11.8 Å². The van der Waals surface area contributed by atoms with E-state index in [0.29, 0.717) is 6.54 Å². The lowest BCUT2D eigenvalue weighted by Gasteiger charge is -2.31. The van der Waals surface area contributed by atoms with Gasteiger partial charge in [0.05, 0.1) is 18.9 Å². The summed E-state index contributed by atoms with van der Waals surface area (Å²) in [6.07, 6.45) is 0.113. The molecule has 19 heavy (non-hydrogen) atoms. The van der Waals surface area contributed by atoms with E-state index in [4.69, 9.17) is 5.11 Å². The molecule has 1 aliphatic rings. The van der Waals surface area contributed by atoms with E-state index in [9.17, 15) is 14.4 Å². The minimum absolute atomic E-state index is 0.0342. The summed E-state index contributed by atoms with van der Waals surface area (Å²) in [6, 6.07) is -0.941. The van der Waals surface area contributed by atoms with Gasteiger partial charge in [-0.3, -0.25) is 24.2 Å². The minimum Gasteiger partial charge on any atom is -0.481 e. The number of imide groups is 1. The third-order valence-corrected chi connectivity index (χ3v) is 3.48. The van der Waals surface area contributed by atoms with Gasteiger partial charge in [-0.15, -0.1) is 0 Å². The lowest BCUT2D eigenvalue weighted by molar-refractivity contribution is -0.143.